The van der Waals surface area contributed by atoms with E-state index < -0.39 is 0 Å². The molecule has 0 radical (unpaired) electrons. The van der Waals surface area contributed by atoms with Gasteiger partial charge in [0.2, 0.25) is 5.91 Å². The molecular weight excluding hydrogens is 310 g/mol. The minimum Gasteiger partial charge on any atom is -0.396 e. The van der Waals surface area contributed by atoms with Gasteiger partial charge in [0, 0.05) is 19.6 Å². The molecule has 1 fully saturated rings. The van der Waals surface area contributed by atoms with Crippen LogP contribution in [0.3, 0.4) is 0 Å². The molecule has 0 saturated heterocycles. The number of carbonyl (C=O) groups is 1. The monoisotopic (exact) mass is 353 g/mol. The molecule has 0 aromatic carbocycles. The molecule has 0 aliphatic heterocycles. The average Bonchev–Trinajstić information content (AvgIpc) is 3.35. The summed E-state index contributed by atoms with van der Waals surface area (Å²) in [6.45, 7) is 3.05. The van der Waals surface area contributed by atoms with E-state index in [0.717, 1.165) is 18.3 Å². The zero-order valence-electron chi connectivity index (χ0n) is 16.7. The predicted molar refractivity (Wildman–Crippen MR) is 107 cm³/mol. The van der Waals surface area contributed by atoms with Gasteiger partial charge in [0.1, 0.15) is 0 Å². The van der Waals surface area contributed by atoms with Crippen molar-refractivity contribution in [1.82, 2.24) is 5.32 Å². The molecule has 1 aliphatic rings. The Balaban J connectivity index is 1.77. The van der Waals surface area contributed by atoms with Crippen LogP contribution in [0.2, 0.25) is 0 Å². The first-order valence-electron chi connectivity index (χ1n) is 11.2. The summed E-state index contributed by atoms with van der Waals surface area (Å²) in [7, 11) is 0. The van der Waals surface area contributed by atoms with Gasteiger partial charge in [-0.25, -0.2) is 0 Å². The van der Waals surface area contributed by atoms with Crippen molar-refractivity contribution < 1.29 is 9.90 Å². The summed E-state index contributed by atoms with van der Waals surface area (Å²) in [5.74, 6) is 2.26. The van der Waals surface area contributed by atoms with Crippen LogP contribution in [-0.2, 0) is 4.79 Å². The van der Waals surface area contributed by atoms with Crippen LogP contribution < -0.4 is 5.32 Å². The second-order valence-electron chi connectivity index (χ2n) is 8.05. The van der Waals surface area contributed by atoms with E-state index >= 15 is 0 Å². The van der Waals surface area contributed by atoms with Gasteiger partial charge in [-0.3, -0.25) is 4.79 Å². The summed E-state index contributed by atoms with van der Waals surface area (Å²) in [4.78, 5) is 11.5. The number of nitrogens with one attached hydrogen (secondary N) is 1. The lowest BCUT2D eigenvalue weighted by Gasteiger charge is -2.04. The fraction of sp³-hybridized carbons (Fsp3) is 0.955. The zero-order chi connectivity index (χ0) is 18.2. The van der Waals surface area contributed by atoms with E-state index in [0.29, 0.717) is 19.4 Å². The maximum Gasteiger partial charge on any atom is 0.219 e. The third kappa shape index (κ3) is 13.3. The maximum atomic E-state index is 11.5. The van der Waals surface area contributed by atoms with Crippen LogP contribution in [0.25, 0.3) is 0 Å². The summed E-state index contributed by atoms with van der Waals surface area (Å²) in [5, 5.41) is 11.5. The number of hydrogen-bond acceptors (Lipinski definition) is 2. The lowest BCUT2D eigenvalue weighted by molar-refractivity contribution is -0.121. The summed E-state index contributed by atoms with van der Waals surface area (Å²) in [6, 6.07) is 0. The number of carbonyl (C=O) groups excluding carboxylic acids is 1. The maximum absolute atomic E-state index is 11.5. The van der Waals surface area contributed by atoms with Crippen LogP contribution >= 0.6 is 0 Å². The highest BCUT2D eigenvalue weighted by Crippen LogP contribution is 2.45. The minimum atomic E-state index is 0.143. The van der Waals surface area contributed by atoms with Crippen LogP contribution in [0.1, 0.15) is 110 Å². The Labute approximate surface area is 156 Å². The van der Waals surface area contributed by atoms with Gasteiger partial charge in [-0.2, -0.15) is 0 Å². The fourth-order valence-corrected chi connectivity index (χ4v) is 3.82. The summed E-state index contributed by atoms with van der Waals surface area (Å²) in [5.41, 5.74) is 0. The van der Waals surface area contributed by atoms with Crippen LogP contribution in [0.5, 0.6) is 0 Å². The molecule has 0 bridgehead atoms. The highest BCUT2D eigenvalue weighted by atomic mass is 16.3. The molecule has 148 valence electrons. The second kappa shape index (κ2) is 15.7. The predicted octanol–water partition coefficient (Wildman–Crippen LogP) is 5.60. The molecule has 1 saturated carbocycles. The third-order valence-electron chi connectivity index (χ3n) is 5.63. The number of amides is 1. The van der Waals surface area contributed by atoms with E-state index in [-0.39, 0.29) is 12.5 Å². The summed E-state index contributed by atoms with van der Waals surface area (Å²) < 4.78 is 0. The quantitative estimate of drug-likeness (QED) is 0.315. The number of unbranched alkanes of at least 4 members (excludes halogenated alkanes) is 9. The highest BCUT2D eigenvalue weighted by Gasteiger charge is 2.34. The largest absolute Gasteiger partial charge is 0.396 e. The standard InChI is InChI=1S/C22H43NO2/c1-2-3-4-5-7-10-14-20-19-21(20)15-11-8-6-9-12-16-22(25)23-17-13-18-24/h20-21,24H,2-19H2,1H3,(H,23,25). The first kappa shape index (κ1) is 22.5. The van der Waals surface area contributed by atoms with Crippen molar-refractivity contribution in [3.63, 3.8) is 0 Å². The zero-order valence-corrected chi connectivity index (χ0v) is 16.7. The third-order valence-corrected chi connectivity index (χ3v) is 5.63. The van der Waals surface area contributed by atoms with E-state index in [9.17, 15) is 4.79 Å². The Morgan fingerprint density at radius 3 is 2.00 bits per heavy atom. The Morgan fingerprint density at radius 2 is 1.40 bits per heavy atom. The van der Waals surface area contributed by atoms with Crippen molar-refractivity contribution in [2.24, 2.45) is 11.8 Å². The average molecular weight is 354 g/mol. The van der Waals surface area contributed by atoms with Crippen LogP contribution in [0.15, 0.2) is 0 Å². The van der Waals surface area contributed by atoms with Crippen molar-refractivity contribution in [1.29, 1.82) is 0 Å². The number of rotatable bonds is 18. The van der Waals surface area contributed by atoms with E-state index in [1.807, 2.05) is 0 Å². The van der Waals surface area contributed by atoms with Crippen molar-refractivity contribution in [3.8, 4) is 0 Å². The van der Waals surface area contributed by atoms with Crippen LogP contribution in [-0.4, -0.2) is 24.2 Å². The second-order valence-corrected chi connectivity index (χ2v) is 8.05. The first-order chi connectivity index (χ1) is 12.3. The molecule has 3 nitrogen and oxygen atoms in total. The Bertz CT molecular complexity index is 319. The van der Waals surface area contributed by atoms with E-state index in [2.05, 4.69) is 12.2 Å². The first-order valence-corrected chi connectivity index (χ1v) is 11.2. The van der Waals surface area contributed by atoms with Crippen molar-refractivity contribution in [2.45, 2.75) is 110 Å². The van der Waals surface area contributed by atoms with Crippen LogP contribution in [0, 0.1) is 11.8 Å². The molecular formula is C22H43NO2. The van der Waals surface area contributed by atoms with Gasteiger partial charge in [-0.05, 0) is 31.1 Å². The SMILES string of the molecule is CCCCCCCCC1CC1CCCCCCCC(=O)NCCCO. The lowest BCUT2D eigenvalue weighted by Crippen LogP contribution is -2.24. The smallest absolute Gasteiger partial charge is 0.219 e. The molecule has 1 amide bonds. The molecule has 0 aromatic heterocycles. The number of hydrogen-bond donors (Lipinski definition) is 2. The Morgan fingerprint density at radius 1 is 0.840 bits per heavy atom. The van der Waals surface area contributed by atoms with Gasteiger partial charge in [0.15, 0.2) is 0 Å². The van der Waals surface area contributed by atoms with Crippen molar-refractivity contribution in [3.05, 3.63) is 0 Å². The fourth-order valence-electron chi connectivity index (χ4n) is 3.82. The molecule has 1 rings (SSSR count). The minimum absolute atomic E-state index is 0.143. The van der Waals surface area contributed by atoms with Gasteiger partial charge in [0.25, 0.3) is 0 Å². The Hall–Kier alpha value is -0.570. The molecule has 0 spiro atoms. The topological polar surface area (TPSA) is 49.3 Å². The molecule has 0 aromatic rings. The molecule has 3 heteroatoms. The molecule has 1 aliphatic carbocycles. The number of aliphatic hydroxyl groups excluding tert-OH is 1. The van der Waals surface area contributed by atoms with E-state index in [1.165, 1.54) is 83.5 Å². The van der Waals surface area contributed by atoms with E-state index in [1.54, 1.807) is 0 Å². The molecule has 2 N–H and O–H groups in total. The normalized spacial score (nSPS) is 19.1. The summed E-state index contributed by atoms with van der Waals surface area (Å²) in [6.07, 6.45) is 20.5. The highest BCUT2D eigenvalue weighted by molar-refractivity contribution is 5.75. The number of aliphatic hydroxyl groups is 1. The van der Waals surface area contributed by atoms with E-state index in [4.69, 9.17) is 5.11 Å². The van der Waals surface area contributed by atoms with Gasteiger partial charge >= 0.3 is 0 Å². The van der Waals surface area contributed by atoms with Crippen LogP contribution in [0.4, 0.5) is 0 Å². The Kier molecular flexibility index (Phi) is 14.1. The molecule has 25 heavy (non-hydrogen) atoms. The molecule has 0 heterocycles. The summed E-state index contributed by atoms with van der Waals surface area (Å²) >= 11 is 0. The van der Waals surface area contributed by atoms with Gasteiger partial charge in [-0.15, -0.1) is 0 Å². The van der Waals surface area contributed by atoms with Gasteiger partial charge in [0.05, 0.1) is 0 Å². The molecule has 2 atom stereocenters. The molecule has 2 unspecified atom stereocenters. The van der Waals surface area contributed by atoms with Crippen molar-refractivity contribution in [2.75, 3.05) is 13.2 Å². The van der Waals surface area contributed by atoms with Crippen molar-refractivity contribution >= 4 is 5.91 Å². The lowest BCUT2D eigenvalue weighted by atomic mass is 10.0. The van der Waals surface area contributed by atoms with Gasteiger partial charge < -0.3 is 10.4 Å². The van der Waals surface area contributed by atoms with Gasteiger partial charge in [-0.1, -0.05) is 84.0 Å².